The molecule has 2 aromatic heterocycles. The number of nitrogens with one attached hydrogen (secondary N) is 1. The van der Waals surface area contributed by atoms with Gasteiger partial charge in [-0.2, -0.15) is 0 Å². The summed E-state index contributed by atoms with van der Waals surface area (Å²) in [7, 11) is 0. The van der Waals surface area contributed by atoms with Gasteiger partial charge in [-0.3, -0.25) is 9.36 Å². The van der Waals surface area contributed by atoms with Crippen LogP contribution in [0, 0.1) is 13.8 Å². The topological polar surface area (TPSA) is 99.8 Å². The van der Waals surface area contributed by atoms with Crippen molar-refractivity contribution in [3.8, 4) is 11.3 Å². The summed E-state index contributed by atoms with van der Waals surface area (Å²) in [6, 6.07) is 18.1. The summed E-state index contributed by atoms with van der Waals surface area (Å²) in [5, 5.41) is 4.65. The van der Waals surface area contributed by atoms with Crippen LogP contribution in [0.4, 0.5) is 10.5 Å². The number of aromatic nitrogens is 1. The van der Waals surface area contributed by atoms with Gasteiger partial charge in [-0.25, -0.2) is 9.59 Å². The molecule has 1 unspecified atom stereocenters. The Morgan fingerprint density at radius 3 is 2.20 bits per heavy atom. The molecule has 1 atom stereocenters. The molecule has 8 heteroatoms. The van der Waals surface area contributed by atoms with Gasteiger partial charge in [0.25, 0.3) is 0 Å². The van der Waals surface area contributed by atoms with E-state index in [4.69, 9.17) is 13.9 Å². The van der Waals surface area contributed by atoms with Crippen molar-refractivity contribution in [2.75, 3.05) is 5.32 Å². The highest BCUT2D eigenvalue weighted by atomic mass is 16.6. The van der Waals surface area contributed by atoms with Crippen LogP contribution in [0.15, 0.2) is 76.1 Å². The molecule has 0 saturated heterocycles. The number of carbonyl (C=O) groups excluding carboxylic acids is 2. The number of carbonyl (C=O) groups is 2. The van der Waals surface area contributed by atoms with E-state index >= 15 is 0 Å². The normalized spacial score (nSPS) is 12.7. The maximum atomic E-state index is 13.9. The molecule has 2 heterocycles. The lowest BCUT2D eigenvalue weighted by molar-refractivity contribution is 0.00703. The molecule has 5 aromatic rings. The molecule has 45 heavy (non-hydrogen) atoms. The van der Waals surface area contributed by atoms with Gasteiger partial charge in [0.05, 0.1) is 22.5 Å². The highest BCUT2D eigenvalue weighted by Crippen LogP contribution is 2.37. The van der Waals surface area contributed by atoms with Crippen LogP contribution in [0.1, 0.15) is 81.6 Å². The van der Waals surface area contributed by atoms with Gasteiger partial charge in [-0.15, -0.1) is 0 Å². The number of para-hydroxylation sites is 2. The molecule has 0 spiro atoms. The van der Waals surface area contributed by atoms with Gasteiger partial charge in [0.1, 0.15) is 22.5 Å². The zero-order chi connectivity index (χ0) is 32.8. The van der Waals surface area contributed by atoms with Gasteiger partial charge >= 0.3 is 12.1 Å². The Hall–Kier alpha value is -4.85. The van der Waals surface area contributed by atoms with Crippen molar-refractivity contribution in [2.45, 2.75) is 79.6 Å². The van der Waals surface area contributed by atoms with E-state index in [-0.39, 0.29) is 11.5 Å². The Morgan fingerprint density at radius 1 is 0.867 bits per heavy atom. The standard InChI is InChI=1S/C37H40N2O6/c1-21-18-26(23(3)38-29-16-12-10-15-25(29)34(41)44-36(4,5)6)33-27(19-21)31(40)22(2)32(43-33)28-20-39(35(42)45-37(7,8)9)30-17-13-11-14-24(28)30/h10-20,23,38H,1-9H3. The number of aryl methyl sites for hydroxylation is 1. The largest absolute Gasteiger partial charge is 0.456 e. The predicted molar refractivity (Wildman–Crippen MR) is 178 cm³/mol. The molecule has 0 saturated carbocycles. The van der Waals surface area contributed by atoms with Crippen molar-refractivity contribution in [1.29, 1.82) is 0 Å². The predicted octanol–water partition coefficient (Wildman–Crippen LogP) is 8.94. The van der Waals surface area contributed by atoms with Crippen LogP contribution in [-0.2, 0) is 9.47 Å². The second-order valence-corrected chi connectivity index (χ2v) is 13.4. The van der Waals surface area contributed by atoms with Crippen LogP contribution in [0.3, 0.4) is 0 Å². The third kappa shape index (κ3) is 6.50. The summed E-state index contributed by atoms with van der Waals surface area (Å²) in [4.78, 5) is 40.1. The molecule has 0 amide bonds. The minimum atomic E-state index is -0.688. The second kappa shape index (κ2) is 11.6. The highest BCUT2D eigenvalue weighted by molar-refractivity contribution is 6.01. The van der Waals surface area contributed by atoms with Crippen LogP contribution in [0.5, 0.6) is 0 Å². The Balaban J connectivity index is 1.65. The molecule has 0 aliphatic heterocycles. The van der Waals surface area contributed by atoms with Crippen LogP contribution < -0.4 is 10.7 Å². The van der Waals surface area contributed by atoms with Crippen molar-refractivity contribution in [1.82, 2.24) is 4.57 Å². The first-order chi connectivity index (χ1) is 21.0. The van der Waals surface area contributed by atoms with Crippen molar-refractivity contribution < 1.29 is 23.5 Å². The lowest BCUT2D eigenvalue weighted by atomic mass is 9.98. The van der Waals surface area contributed by atoms with Gasteiger partial charge < -0.3 is 19.2 Å². The first kappa shape index (κ1) is 31.6. The van der Waals surface area contributed by atoms with E-state index in [1.807, 2.05) is 104 Å². The quantitative estimate of drug-likeness (QED) is 0.199. The fraction of sp³-hybridized carbons (Fsp3) is 0.324. The summed E-state index contributed by atoms with van der Waals surface area (Å²) in [6.45, 7) is 16.5. The summed E-state index contributed by atoms with van der Waals surface area (Å²) >= 11 is 0. The molecule has 0 bridgehead atoms. The van der Waals surface area contributed by atoms with Crippen LogP contribution in [-0.4, -0.2) is 27.8 Å². The molecule has 234 valence electrons. The zero-order valence-electron chi connectivity index (χ0n) is 27.3. The minimum absolute atomic E-state index is 0.161. The second-order valence-electron chi connectivity index (χ2n) is 13.4. The molecular formula is C37H40N2O6. The molecule has 3 aromatic carbocycles. The molecule has 8 nitrogen and oxygen atoms in total. The van der Waals surface area contributed by atoms with Crippen LogP contribution in [0.25, 0.3) is 33.2 Å². The number of hydrogen-bond acceptors (Lipinski definition) is 7. The van der Waals surface area contributed by atoms with E-state index < -0.39 is 23.3 Å². The number of ether oxygens (including phenoxy) is 2. The average Bonchev–Trinajstić information content (AvgIpc) is 3.33. The van der Waals surface area contributed by atoms with Crippen molar-refractivity contribution in [2.24, 2.45) is 0 Å². The van der Waals surface area contributed by atoms with E-state index in [9.17, 15) is 14.4 Å². The minimum Gasteiger partial charge on any atom is -0.456 e. The summed E-state index contributed by atoms with van der Waals surface area (Å²) in [5.41, 5.74) is 3.26. The maximum absolute atomic E-state index is 13.9. The van der Waals surface area contributed by atoms with Gasteiger partial charge in [-0.05, 0) is 92.1 Å². The lowest BCUT2D eigenvalue weighted by Crippen LogP contribution is -2.26. The van der Waals surface area contributed by atoms with Gasteiger partial charge in [0, 0.05) is 34.0 Å². The smallest absolute Gasteiger partial charge is 0.419 e. The Labute approximate surface area is 263 Å². The maximum Gasteiger partial charge on any atom is 0.419 e. The summed E-state index contributed by atoms with van der Waals surface area (Å²) in [6.07, 6.45) is 1.14. The molecule has 0 fully saturated rings. The van der Waals surface area contributed by atoms with E-state index in [1.165, 1.54) is 4.57 Å². The molecule has 1 N–H and O–H groups in total. The van der Waals surface area contributed by atoms with Crippen molar-refractivity contribution >= 4 is 39.6 Å². The molecule has 0 aliphatic carbocycles. The van der Waals surface area contributed by atoms with E-state index in [1.54, 1.807) is 25.3 Å². The number of benzene rings is 3. The Kier molecular flexibility index (Phi) is 8.12. The van der Waals surface area contributed by atoms with Gasteiger partial charge in [0.2, 0.25) is 0 Å². The summed E-state index contributed by atoms with van der Waals surface area (Å²) in [5.74, 6) is -0.0600. The fourth-order valence-corrected chi connectivity index (χ4v) is 5.40. The van der Waals surface area contributed by atoms with Crippen molar-refractivity contribution in [3.05, 3.63) is 99.3 Å². The van der Waals surface area contributed by atoms with Crippen LogP contribution >= 0.6 is 0 Å². The Bertz CT molecular complexity index is 2000. The van der Waals surface area contributed by atoms with E-state index in [0.29, 0.717) is 44.6 Å². The molecular weight excluding hydrogens is 568 g/mol. The molecule has 0 radical (unpaired) electrons. The number of hydrogen-bond donors (Lipinski definition) is 1. The monoisotopic (exact) mass is 608 g/mol. The van der Waals surface area contributed by atoms with Crippen LogP contribution in [0.2, 0.25) is 0 Å². The first-order valence-corrected chi connectivity index (χ1v) is 15.0. The number of nitrogens with zero attached hydrogens (tertiary/aromatic N) is 1. The fourth-order valence-electron chi connectivity index (χ4n) is 5.40. The lowest BCUT2D eigenvalue weighted by Gasteiger charge is -2.23. The number of anilines is 1. The summed E-state index contributed by atoms with van der Waals surface area (Å²) < 4.78 is 19.4. The number of rotatable bonds is 5. The van der Waals surface area contributed by atoms with Gasteiger partial charge in [-0.1, -0.05) is 36.4 Å². The van der Waals surface area contributed by atoms with Gasteiger partial charge in [0.15, 0.2) is 5.43 Å². The van der Waals surface area contributed by atoms with E-state index in [0.717, 1.165) is 16.5 Å². The first-order valence-electron chi connectivity index (χ1n) is 15.0. The third-order valence-corrected chi connectivity index (χ3v) is 7.32. The van der Waals surface area contributed by atoms with E-state index in [2.05, 4.69) is 5.32 Å². The van der Waals surface area contributed by atoms with Crippen molar-refractivity contribution in [3.63, 3.8) is 0 Å². The molecule has 5 rings (SSSR count). The molecule has 0 aliphatic rings. The zero-order valence-corrected chi connectivity index (χ0v) is 27.3. The number of fused-ring (bicyclic) bond motifs is 2. The SMILES string of the molecule is Cc1cc(C(C)Nc2ccccc2C(=O)OC(C)(C)C)c2oc(-c3cn(C(=O)OC(C)(C)C)c4ccccc34)c(C)c(=O)c2c1. The number of esters is 1. The highest BCUT2D eigenvalue weighted by Gasteiger charge is 2.26. The average molecular weight is 609 g/mol. The Morgan fingerprint density at radius 2 is 1.51 bits per heavy atom. The third-order valence-electron chi connectivity index (χ3n) is 7.32.